The van der Waals surface area contributed by atoms with E-state index in [1.807, 2.05) is 7.05 Å². The van der Waals surface area contributed by atoms with Crippen LogP contribution in [0.4, 0.5) is 17.6 Å². The summed E-state index contributed by atoms with van der Waals surface area (Å²) in [6.07, 6.45) is 3.30. The van der Waals surface area contributed by atoms with Crippen LogP contribution in [0.1, 0.15) is 0 Å². The summed E-state index contributed by atoms with van der Waals surface area (Å²) < 4.78 is 0. The zero-order valence-electron chi connectivity index (χ0n) is 12.2. The SMILES string of the molecule is C=N.CNc1ccnc(Cl)n1.CNc1ccnc(NC)n1. The Morgan fingerprint density at radius 2 is 1.43 bits per heavy atom. The Kier molecular flexibility index (Phi) is 10.0. The molecule has 9 heteroatoms. The topological polar surface area (TPSA) is 112 Å². The summed E-state index contributed by atoms with van der Waals surface area (Å²) in [4.78, 5) is 15.6. The van der Waals surface area contributed by atoms with Crippen LogP contribution >= 0.6 is 11.6 Å². The minimum Gasteiger partial charge on any atom is -0.373 e. The maximum atomic E-state index is 5.50. The normalized spacial score (nSPS) is 8.38. The maximum Gasteiger partial charge on any atom is 0.224 e. The number of aromatic nitrogens is 4. The number of nitrogens with zero attached hydrogens (tertiary/aromatic N) is 4. The second kappa shape index (κ2) is 11.4. The van der Waals surface area contributed by atoms with E-state index in [1.54, 1.807) is 38.6 Å². The van der Waals surface area contributed by atoms with Crippen molar-refractivity contribution in [1.29, 1.82) is 5.41 Å². The summed E-state index contributed by atoms with van der Waals surface area (Å²) in [6, 6.07) is 3.55. The molecule has 2 aromatic rings. The molecule has 2 heterocycles. The number of nitrogens with one attached hydrogen (secondary N) is 4. The van der Waals surface area contributed by atoms with Crippen molar-refractivity contribution in [1.82, 2.24) is 19.9 Å². The first kappa shape index (κ1) is 18.5. The van der Waals surface area contributed by atoms with Crippen LogP contribution in [0, 0.1) is 5.41 Å². The molecule has 2 aromatic heterocycles. The summed E-state index contributed by atoms with van der Waals surface area (Å²) in [5, 5.41) is 14.3. The molecule has 0 aliphatic carbocycles. The lowest BCUT2D eigenvalue weighted by Crippen LogP contribution is -1.98. The van der Waals surface area contributed by atoms with E-state index in [-0.39, 0.29) is 5.28 Å². The summed E-state index contributed by atoms with van der Waals surface area (Å²) in [5.74, 6) is 2.18. The molecule has 0 aliphatic heterocycles. The Labute approximate surface area is 128 Å². The van der Waals surface area contributed by atoms with E-state index in [1.165, 1.54) is 0 Å². The van der Waals surface area contributed by atoms with Crippen molar-refractivity contribution in [3.05, 3.63) is 29.8 Å². The van der Waals surface area contributed by atoms with Gasteiger partial charge in [0.2, 0.25) is 11.2 Å². The van der Waals surface area contributed by atoms with Gasteiger partial charge in [0.25, 0.3) is 0 Å². The average molecular weight is 311 g/mol. The number of halogens is 1. The molecule has 0 spiro atoms. The fraction of sp³-hybridized carbons (Fsp3) is 0.250. The predicted octanol–water partition coefficient (Wildman–Crippen LogP) is 2.00. The minimum atomic E-state index is 0.266. The van der Waals surface area contributed by atoms with E-state index in [4.69, 9.17) is 17.0 Å². The van der Waals surface area contributed by atoms with Gasteiger partial charge in [0.15, 0.2) is 0 Å². The van der Waals surface area contributed by atoms with Crippen molar-refractivity contribution < 1.29 is 0 Å². The van der Waals surface area contributed by atoms with E-state index < -0.39 is 0 Å². The van der Waals surface area contributed by atoms with Crippen LogP contribution in [0.25, 0.3) is 0 Å². The molecular formula is C12H19ClN8. The fourth-order valence-corrected chi connectivity index (χ4v) is 1.24. The standard InChI is InChI=1S/C6H10N4.C5H6ClN3.CH3N/c1-7-5-3-4-9-6(8-2)10-5;1-7-4-2-3-8-5(6)9-4;1-2/h3-4H,1-2H3,(H2,7,8,9,10);2-3H,1H3,(H,7,8,9);2H,1H2. The lowest BCUT2D eigenvalue weighted by atomic mass is 10.6. The van der Waals surface area contributed by atoms with E-state index in [0.29, 0.717) is 5.95 Å². The molecule has 0 aliphatic rings. The van der Waals surface area contributed by atoms with Gasteiger partial charge in [0, 0.05) is 33.5 Å². The molecular weight excluding hydrogens is 292 g/mol. The Hall–Kier alpha value is -2.48. The molecule has 8 nitrogen and oxygen atoms in total. The lowest BCUT2D eigenvalue weighted by Gasteiger charge is -1.99. The number of anilines is 3. The molecule has 2 rings (SSSR count). The quantitative estimate of drug-likeness (QED) is 0.506. The first-order chi connectivity index (χ1) is 10.2. The van der Waals surface area contributed by atoms with Gasteiger partial charge in [-0.2, -0.15) is 4.98 Å². The van der Waals surface area contributed by atoms with Crippen molar-refractivity contribution in [2.75, 3.05) is 37.1 Å². The number of rotatable bonds is 3. The largest absolute Gasteiger partial charge is 0.373 e. The monoisotopic (exact) mass is 310 g/mol. The molecule has 0 saturated carbocycles. The van der Waals surface area contributed by atoms with Crippen LogP contribution in [0.5, 0.6) is 0 Å². The van der Waals surface area contributed by atoms with Crippen molar-refractivity contribution in [3.8, 4) is 0 Å². The predicted molar refractivity (Wildman–Crippen MR) is 87.6 cm³/mol. The van der Waals surface area contributed by atoms with E-state index in [9.17, 15) is 0 Å². The average Bonchev–Trinajstić information content (AvgIpc) is 2.57. The van der Waals surface area contributed by atoms with Gasteiger partial charge in [-0.3, -0.25) is 0 Å². The molecule has 4 N–H and O–H groups in total. The smallest absolute Gasteiger partial charge is 0.224 e. The first-order valence-electron chi connectivity index (χ1n) is 5.89. The van der Waals surface area contributed by atoms with Crippen molar-refractivity contribution in [3.63, 3.8) is 0 Å². The highest BCUT2D eigenvalue weighted by molar-refractivity contribution is 6.28. The van der Waals surface area contributed by atoms with Gasteiger partial charge in [0.1, 0.15) is 11.6 Å². The van der Waals surface area contributed by atoms with Gasteiger partial charge in [-0.25, -0.2) is 15.0 Å². The second-order valence-electron chi connectivity index (χ2n) is 3.23. The van der Waals surface area contributed by atoms with Crippen molar-refractivity contribution in [2.24, 2.45) is 0 Å². The van der Waals surface area contributed by atoms with E-state index in [0.717, 1.165) is 11.6 Å². The fourth-order valence-electron chi connectivity index (χ4n) is 1.09. The van der Waals surface area contributed by atoms with Crippen LogP contribution in [-0.4, -0.2) is 47.8 Å². The van der Waals surface area contributed by atoms with Crippen molar-refractivity contribution in [2.45, 2.75) is 0 Å². The summed E-state index contributed by atoms with van der Waals surface area (Å²) in [5.41, 5.74) is 0. The molecule has 0 fully saturated rings. The Bertz CT molecular complexity index is 503. The third-order valence-electron chi connectivity index (χ3n) is 2.02. The first-order valence-corrected chi connectivity index (χ1v) is 6.27. The number of hydrogen-bond donors (Lipinski definition) is 4. The highest BCUT2D eigenvalue weighted by atomic mass is 35.5. The lowest BCUT2D eigenvalue weighted by molar-refractivity contribution is 1.14. The highest BCUT2D eigenvalue weighted by Crippen LogP contribution is 2.03. The number of hydrogen-bond acceptors (Lipinski definition) is 8. The summed E-state index contributed by atoms with van der Waals surface area (Å²) in [6.45, 7) is 2.50. The molecule has 0 bridgehead atoms. The maximum absolute atomic E-state index is 5.50. The Morgan fingerprint density at radius 1 is 0.905 bits per heavy atom. The van der Waals surface area contributed by atoms with Crippen molar-refractivity contribution >= 4 is 35.9 Å². The highest BCUT2D eigenvalue weighted by Gasteiger charge is 1.91. The molecule has 0 aromatic carbocycles. The van der Waals surface area contributed by atoms with Crippen LogP contribution in [0.15, 0.2) is 24.5 Å². The zero-order valence-corrected chi connectivity index (χ0v) is 12.9. The van der Waals surface area contributed by atoms with Gasteiger partial charge in [-0.1, -0.05) is 0 Å². The third kappa shape index (κ3) is 7.63. The molecule has 0 radical (unpaired) electrons. The van der Waals surface area contributed by atoms with Crippen LogP contribution in [-0.2, 0) is 0 Å². The summed E-state index contributed by atoms with van der Waals surface area (Å²) in [7, 11) is 5.38. The van der Waals surface area contributed by atoms with E-state index in [2.05, 4.69) is 42.6 Å². The van der Waals surface area contributed by atoms with Gasteiger partial charge < -0.3 is 21.4 Å². The molecule has 0 saturated heterocycles. The van der Waals surface area contributed by atoms with Gasteiger partial charge in [-0.15, -0.1) is 0 Å². The van der Waals surface area contributed by atoms with Gasteiger partial charge in [-0.05, 0) is 30.5 Å². The van der Waals surface area contributed by atoms with E-state index >= 15 is 0 Å². The third-order valence-corrected chi connectivity index (χ3v) is 2.20. The minimum absolute atomic E-state index is 0.266. The second-order valence-corrected chi connectivity index (χ2v) is 3.56. The van der Waals surface area contributed by atoms with Crippen LogP contribution in [0.2, 0.25) is 5.28 Å². The Balaban J connectivity index is 0.000000342. The van der Waals surface area contributed by atoms with Gasteiger partial charge >= 0.3 is 0 Å². The van der Waals surface area contributed by atoms with Crippen LogP contribution in [0.3, 0.4) is 0 Å². The Morgan fingerprint density at radius 3 is 1.86 bits per heavy atom. The van der Waals surface area contributed by atoms with Gasteiger partial charge in [0.05, 0.1) is 0 Å². The molecule has 114 valence electrons. The molecule has 0 amide bonds. The molecule has 0 atom stereocenters. The van der Waals surface area contributed by atoms with Crippen LogP contribution < -0.4 is 16.0 Å². The zero-order chi connectivity index (χ0) is 16.1. The summed E-state index contributed by atoms with van der Waals surface area (Å²) >= 11 is 5.46. The molecule has 21 heavy (non-hydrogen) atoms. The molecule has 0 unspecified atom stereocenters.